The third-order valence-electron chi connectivity index (χ3n) is 3.55. The molecule has 2 heterocycles. The summed E-state index contributed by atoms with van der Waals surface area (Å²) < 4.78 is 0. The number of carboxylic acids is 2. The van der Waals surface area contributed by atoms with Crippen molar-refractivity contribution in [2.75, 3.05) is 0 Å². The largest absolute Gasteiger partial charge is 1.00 e. The van der Waals surface area contributed by atoms with Crippen molar-refractivity contribution in [3.63, 3.8) is 0 Å². The van der Waals surface area contributed by atoms with Crippen molar-refractivity contribution in [2.45, 2.75) is 37.3 Å². The number of rotatable bonds is 6. The van der Waals surface area contributed by atoms with E-state index in [1.807, 2.05) is 0 Å². The van der Waals surface area contributed by atoms with Gasteiger partial charge < -0.3 is 30.6 Å². The molecule has 2 aliphatic rings. The second kappa shape index (κ2) is 9.21. The molecule has 1 saturated heterocycles. The van der Waals surface area contributed by atoms with E-state index in [9.17, 15) is 29.7 Å². The van der Waals surface area contributed by atoms with E-state index in [4.69, 9.17) is 5.73 Å². The van der Waals surface area contributed by atoms with Crippen LogP contribution in [0.15, 0.2) is 10.6 Å². The summed E-state index contributed by atoms with van der Waals surface area (Å²) in [6.45, 7) is 1.46. The molecule has 0 aromatic carbocycles. The van der Waals surface area contributed by atoms with Crippen LogP contribution in [-0.2, 0) is 14.4 Å². The van der Waals surface area contributed by atoms with Crippen molar-refractivity contribution < 1.29 is 88.8 Å². The molecule has 0 aromatic heterocycles. The summed E-state index contributed by atoms with van der Waals surface area (Å²) >= 11 is 1.13. The molecular weight excluding hydrogens is 346 g/mol. The molecule has 0 bridgehead atoms. The number of carboxylic acid groups (broad SMARTS) is 2. The van der Waals surface area contributed by atoms with Gasteiger partial charge in [-0.15, -0.1) is 11.8 Å². The molecule has 11 heteroatoms. The van der Waals surface area contributed by atoms with Crippen molar-refractivity contribution in [3.8, 4) is 0 Å². The number of allylic oxidation sites excluding steroid dienone is 1. The summed E-state index contributed by atoms with van der Waals surface area (Å²) in [6, 6.07) is -1.21. The fourth-order valence-corrected chi connectivity index (χ4v) is 4.05. The molecule has 1 amide bonds. The quantitative estimate of drug-likeness (QED) is 0.351. The summed E-state index contributed by atoms with van der Waals surface area (Å²) in [6.07, 6.45) is -0.801. The minimum atomic E-state index is -1.50. The smallest absolute Gasteiger partial charge is 0.548 e. The van der Waals surface area contributed by atoms with Gasteiger partial charge in [0.25, 0.3) is 0 Å². The number of carbonyl (C=O) groups excluding carboxylic acids is 3. The number of thioether (sulfide) groups is 1. The van der Waals surface area contributed by atoms with E-state index in [1.54, 1.807) is 0 Å². The number of aliphatic hydroxyl groups excluding tert-OH is 1. The van der Waals surface area contributed by atoms with Gasteiger partial charge in [-0.05, 0) is 19.8 Å². The van der Waals surface area contributed by atoms with Crippen molar-refractivity contribution >= 4 is 29.6 Å². The molecule has 8 nitrogen and oxygen atoms in total. The van der Waals surface area contributed by atoms with E-state index in [0.29, 0.717) is 4.91 Å². The van der Waals surface area contributed by atoms with Gasteiger partial charge in [0.1, 0.15) is 5.37 Å². The van der Waals surface area contributed by atoms with Crippen LogP contribution in [0.4, 0.5) is 0 Å². The number of aliphatic carboxylic acids is 2. The zero-order chi connectivity index (χ0) is 15.9. The Morgan fingerprint density at radius 3 is 2.39 bits per heavy atom. The first-order valence-corrected chi connectivity index (χ1v) is 7.22. The molecule has 0 radical (unpaired) electrons. The Balaban J connectivity index is 0.00000242. The number of hydrogen-bond donors (Lipinski definition) is 2. The number of nitrogens with zero attached hydrogens (tertiary/aromatic N) is 1. The monoisotopic (exact) mass is 360 g/mol. The maximum absolute atomic E-state index is 11.9. The first-order valence-electron chi connectivity index (χ1n) is 6.34. The fraction of sp³-hybridized carbons (Fsp3) is 0.583. The molecule has 0 saturated carbocycles. The zero-order valence-electron chi connectivity index (χ0n) is 13.1. The molecule has 3 unspecified atom stereocenters. The molecule has 0 aromatic rings. The Morgan fingerprint density at radius 1 is 1.39 bits per heavy atom. The van der Waals surface area contributed by atoms with Crippen LogP contribution in [0.25, 0.3) is 0 Å². The summed E-state index contributed by atoms with van der Waals surface area (Å²) in [5.41, 5.74) is 5.07. The SMILES string of the molecule is CC(O)C1C(=O)N2C(C(=O)[O-])=C(CCC(N)C(=O)[O-])S[C@@H]12.[Na+].[Na+]. The maximum atomic E-state index is 11.9. The van der Waals surface area contributed by atoms with Gasteiger partial charge in [0.2, 0.25) is 5.91 Å². The number of aliphatic hydroxyl groups is 1. The van der Waals surface area contributed by atoms with Crippen LogP contribution in [0.5, 0.6) is 0 Å². The van der Waals surface area contributed by atoms with Crippen LogP contribution in [-0.4, -0.2) is 45.4 Å². The number of amides is 1. The molecule has 3 N–H and O–H groups in total. The standard InChI is InChI=1S/C12H16N2O6S.2Na/c1-4(15)7-9(16)14-8(12(19)20)6(21-10(7)14)3-2-5(13)11(17)18;;/h4-5,7,10,15H,2-3,13H2,1H3,(H,17,18)(H,19,20);;/q;2*+1/p-2/t4?,5?,7?,10-;;/m0../s1. The second-order valence-electron chi connectivity index (χ2n) is 5.01. The summed E-state index contributed by atoms with van der Waals surface area (Å²) in [7, 11) is 0. The second-order valence-corrected chi connectivity index (χ2v) is 6.22. The number of carbonyl (C=O) groups is 3. The third kappa shape index (κ3) is 4.53. The van der Waals surface area contributed by atoms with Crippen LogP contribution in [0.3, 0.4) is 0 Å². The molecule has 1 fully saturated rings. The Bertz CT molecular complexity index is 542. The molecule has 0 spiro atoms. The van der Waals surface area contributed by atoms with Crippen molar-refractivity contribution in [3.05, 3.63) is 10.6 Å². The Labute approximate surface area is 181 Å². The van der Waals surface area contributed by atoms with Gasteiger partial charge in [0.05, 0.1) is 29.7 Å². The van der Waals surface area contributed by atoms with Gasteiger partial charge in [-0.3, -0.25) is 9.69 Å². The van der Waals surface area contributed by atoms with Crippen LogP contribution in [0, 0.1) is 5.92 Å². The third-order valence-corrected chi connectivity index (χ3v) is 4.98. The summed E-state index contributed by atoms with van der Waals surface area (Å²) in [5.74, 6) is -4.06. The molecule has 2 aliphatic heterocycles. The molecule has 0 aliphatic carbocycles. The van der Waals surface area contributed by atoms with Gasteiger partial charge >= 0.3 is 59.1 Å². The van der Waals surface area contributed by atoms with Crippen molar-refractivity contribution in [1.82, 2.24) is 4.90 Å². The van der Waals surface area contributed by atoms with Gasteiger partial charge in [-0.25, -0.2) is 0 Å². The first-order chi connectivity index (χ1) is 9.75. The molecule has 4 atom stereocenters. The van der Waals surface area contributed by atoms with E-state index in [2.05, 4.69) is 0 Å². The average molecular weight is 360 g/mol. The van der Waals surface area contributed by atoms with Crippen LogP contribution < -0.4 is 75.1 Å². The van der Waals surface area contributed by atoms with E-state index in [1.165, 1.54) is 6.92 Å². The minimum absolute atomic E-state index is 0. The van der Waals surface area contributed by atoms with Crippen LogP contribution >= 0.6 is 11.8 Å². The minimum Gasteiger partial charge on any atom is -0.548 e. The fourth-order valence-electron chi connectivity index (χ4n) is 2.42. The van der Waals surface area contributed by atoms with Gasteiger partial charge in [0, 0.05) is 10.9 Å². The molecule has 2 rings (SSSR count). The topological polar surface area (TPSA) is 147 Å². The van der Waals surface area contributed by atoms with E-state index >= 15 is 0 Å². The normalized spacial score (nSPS) is 24.8. The number of β-lactam (4-membered cyclic amide) rings is 1. The van der Waals surface area contributed by atoms with Gasteiger partial charge in [-0.1, -0.05) is 0 Å². The van der Waals surface area contributed by atoms with Crippen molar-refractivity contribution in [2.24, 2.45) is 11.7 Å². The number of hydrogen-bond acceptors (Lipinski definition) is 8. The number of fused-ring (bicyclic) bond motifs is 1. The van der Waals surface area contributed by atoms with Gasteiger partial charge in [-0.2, -0.15) is 0 Å². The van der Waals surface area contributed by atoms with E-state index < -0.39 is 41.3 Å². The summed E-state index contributed by atoms with van der Waals surface area (Å²) in [4.78, 5) is 35.1. The predicted octanol–water partition coefficient (Wildman–Crippen LogP) is -9.27. The predicted molar refractivity (Wildman–Crippen MR) is 67.6 cm³/mol. The molecule has 116 valence electrons. The Morgan fingerprint density at radius 2 is 1.96 bits per heavy atom. The summed E-state index contributed by atoms with van der Waals surface area (Å²) in [5, 5.41) is 30.8. The van der Waals surface area contributed by atoms with Crippen molar-refractivity contribution in [1.29, 1.82) is 0 Å². The number of nitrogens with two attached hydrogens (primary N) is 1. The average Bonchev–Trinajstić information content (AvgIpc) is 2.69. The Kier molecular flexibility index (Phi) is 9.38. The first kappa shape index (κ1) is 23.4. The van der Waals surface area contributed by atoms with E-state index in [0.717, 1.165) is 16.7 Å². The van der Waals surface area contributed by atoms with E-state index in [-0.39, 0.29) is 77.7 Å². The maximum Gasteiger partial charge on any atom is 1.00 e. The van der Waals surface area contributed by atoms with Crippen LogP contribution in [0.1, 0.15) is 19.8 Å². The van der Waals surface area contributed by atoms with Crippen LogP contribution in [0.2, 0.25) is 0 Å². The Hall–Kier alpha value is 0.420. The molecular formula is C12H14N2Na2O6S. The zero-order valence-corrected chi connectivity index (χ0v) is 18.0. The molecule has 23 heavy (non-hydrogen) atoms. The van der Waals surface area contributed by atoms with Gasteiger partial charge in [0.15, 0.2) is 0 Å².